The molecule has 1 N–H and O–H groups in total. The van der Waals surface area contributed by atoms with Gasteiger partial charge in [-0.1, -0.05) is 15.9 Å². The summed E-state index contributed by atoms with van der Waals surface area (Å²) in [7, 11) is 0. The molecule has 1 atom stereocenters. The van der Waals surface area contributed by atoms with Crippen LogP contribution in [0.3, 0.4) is 0 Å². The molecule has 1 aliphatic heterocycles. The molecule has 120 valence electrons. The van der Waals surface area contributed by atoms with Crippen molar-refractivity contribution in [3.63, 3.8) is 0 Å². The van der Waals surface area contributed by atoms with E-state index in [-0.39, 0.29) is 24.8 Å². The van der Waals surface area contributed by atoms with Crippen molar-refractivity contribution >= 4 is 27.8 Å². The number of carboxylic acid groups (broad SMARTS) is 1. The molecule has 2 rings (SSSR count). The van der Waals surface area contributed by atoms with Gasteiger partial charge in [0.1, 0.15) is 0 Å². The van der Waals surface area contributed by atoms with Crippen molar-refractivity contribution in [2.24, 2.45) is 5.41 Å². The fourth-order valence-electron chi connectivity index (χ4n) is 2.45. The molecule has 22 heavy (non-hydrogen) atoms. The summed E-state index contributed by atoms with van der Waals surface area (Å²) in [6, 6.07) is 4.30. The predicted molar refractivity (Wildman–Crippen MR) is 81.2 cm³/mol. The van der Waals surface area contributed by atoms with Gasteiger partial charge in [0, 0.05) is 17.6 Å². The van der Waals surface area contributed by atoms with Crippen molar-refractivity contribution in [3.8, 4) is 5.75 Å². The van der Waals surface area contributed by atoms with Crippen LogP contribution < -0.4 is 4.74 Å². The van der Waals surface area contributed by atoms with Crippen molar-refractivity contribution in [1.29, 1.82) is 0 Å². The SMILES string of the molecule is CC1(C(=O)O)CCCN(C(=O)COc2ccc(Br)cc2F)C1. The molecule has 1 amide bonds. The van der Waals surface area contributed by atoms with Gasteiger partial charge in [0.15, 0.2) is 18.2 Å². The summed E-state index contributed by atoms with van der Waals surface area (Å²) in [5.41, 5.74) is -0.934. The number of amides is 1. The van der Waals surface area contributed by atoms with E-state index in [1.54, 1.807) is 13.0 Å². The summed E-state index contributed by atoms with van der Waals surface area (Å²) in [4.78, 5) is 24.9. The lowest BCUT2D eigenvalue weighted by Crippen LogP contribution is -2.49. The Kier molecular flexibility index (Phi) is 5.05. The summed E-state index contributed by atoms with van der Waals surface area (Å²) in [6.07, 6.45) is 1.16. The van der Waals surface area contributed by atoms with E-state index in [0.717, 1.165) is 0 Å². The van der Waals surface area contributed by atoms with Crippen LogP contribution in [0, 0.1) is 11.2 Å². The van der Waals surface area contributed by atoms with E-state index in [9.17, 15) is 19.1 Å². The van der Waals surface area contributed by atoms with Crippen LogP contribution >= 0.6 is 15.9 Å². The molecule has 1 aliphatic rings. The smallest absolute Gasteiger partial charge is 0.311 e. The normalized spacial score (nSPS) is 21.5. The Labute approximate surface area is 136 Å². The van der Waals surface area contributed by atoms with E-state index in [1.165, 1.54) is 17.0 Å². The minimum Gasteiger partial charge on any atom is -0.481 e. The fourth-order valence-corrected chi connectivity index (χ4v) is 2.78. The Balaban J connectivity index is 1.96. The van der Waals surface area contributed by atoms with Gasteiger partial charge in [-0.15, -0.1) is 0 Å². The number of likely N-dealkylation sites (tertiary alicyclic amines) is 1. The second-order valence-corrected chi connectivity index (χ2v) is 6.56. The number of rotatable bonds is 4. The maximum atomic E-state index is 13.6. The average molecular weight is 374 g/mol. The van der Waals surface area contributed by atoms with Gasteiger partial charge in [-0.3, -0.25) is 9.59 Å². The first-order valence-corrected chi connectivity index (χ1v) is 7.70. The Hall–Kier alpha value is -1.63. The first-order valence-electron chi connectivity index (χ1n) is 6.91. The molecular weight excluding hydrogens is 357 g/mol. The number of halogens is 2. The van der Waals surface area contributed by atoms with E-state index >= 15 is 0 Å². The molecule has 1 aromatic carbocycles. The number of hydrogen-bond donors (Lipinski definition) is 1. The van der Waals surface area contributed by atoms with Crippen molar-refractivity contribution in [3.05, 3.63) is 28.5 Å². The zero-order valence-electron chi connectivity index (χ0n) is 12.1. The van der Waals surface area contributed by atoms with Gasteiger partial charge in [0.25, 0.3) is 5.91 Å². The van der Waals surface area contributed by atoms with Crippen LogP contribution in [-0.4, -0.2) is 41.6 Å². The van der Waals surface area contributed by atoms with Crippen molar-refractivity contribution in [1.82, 2.24) is 4.90 Å². The molecule has 1 unspecified atom stereocenters. The second kappa shape index (κ2) is 6.64. The first kappa shape index (κ1) is 16.7. The third-order valence-electron chi connectivity index (χ3n) is 3.81. The summed E-state index contributed by atoms with van der Waals surface area (Å²) in [6.45, 7) is 1.96. The Morgan fingerprint density at radius 3 is 2.86 bits per heavy atom. The van der Waals surface area contributed by atoms with E-state index in [4.69, 9.17) is 4.74 Å². The first-order chi connectivity index (χ1) is 10.3. The molecule has 0 radical (unpaired) electrons. The highest BCUT2D eigenvalue weighted by atomic mass is 79.9. The lowest BCUT2D eigenvalue weighted by Gasteiger charge is -2.37. The lowest BCUT2D eigenvalue weighted by atomic mass is 9.82. The van der Waals surface area contributed by atoms with Gasteiger partial charge in [-0.25, -0.2) is 4.39 Å². The van der Waals surface area contributed by atoms with E-state index < -0.39 is 17.2 Å². The van der Waals surface area contributed by atoms with Crippen LogP contribution in [0.2, 0.25) is 0 Å². The number of piperidine rings is 1. The fraction of sp³-hybridized carbons (Fsp3) is 0.467. The van der Waals surface area contributed by atoms with E-state index in [0.29, 0.717) is 23.9 Å². The third-order valence-corrected chi connectivity index (χ3v) is 4.30. The maximum Gasteiger partial charge on any atom is 0.311 e. The Morgan fingerprint density at radius 2 is 2.23 bits per heavy atom. The molecular formula is C15H17BrFNO4. The largest absolute Gasteiger partial charge is 0.481 e. The molecule has 0 bridgehead atoms. The molecule has 0 saturated carbocycles. The van der Waals surface area contributed by atoms with Gasteiger partial charge < -0.3 is 14.7 Å². The zero-order valence-corrected chi connectivity index (χ0v) is 13.7. The number of carbonyl (C=O) groups excluding carboxylic acids is 1. The van der Waals surface area contributed by atoms with Crippen molar-refractivity contribution in [2.45, 2.75) is 19.8 Å². The van der Waals surface area contributed by atoms with E-state index in [1.807, 2.05) is 0 Å². The highest BCUT2D eigenvalue weighted by molar-refractivity contribution is 9.10. The Bertz CT molecular complexity index is 595. The molecule has 0 aliphatic carbocycles. The Morgan fingerprint density at radius 1 is 1.50 bits per heavy atom. The summed E-state index contributed by atoms with van der Waals surface area (Å²) in [5.74, 6) is -1.81. The summed E-state index contributed by atoms with van der Waals surface area (Å²) >= 11 is 3.14. The van der Waals surface area contributed by atoms with Crippen LogP contribution in [0.25, 0.3) is 0 Å². The molecule has 1 fully saturated rings. The molecule has 1 aromatic rings. The van der Waals surface area contributed by atoms with E-state index in [2.05, 4.69) is 15.9 Å². The molecule has 1 heterocycles. The van der Waals surface area contributed by atoms with Gasteiger partial charge in [-0.2, -0.15) is 0 Å². The standard InChI is InChI=1S/C15H17BrFNO4/c1-15(14(20)21)5-2-6-18(9-15)13(19)8-22-12-4-3-10(16)7-11(12)17/h3-4,7H,2,5-6,8-9H2,1H3,(H,20,21). The molecule has 5 nitrogen and oxygen atoms in total. The molecule has 0 spiro atoms. The molecule has 1 saturated heterocycles. The van der Waals surface area contributed by atoms with Crippen molar-refractivity contribution < 1.29 is 23.8 Å². The van der Waals surface area contributed by atoms with Crippen LogP contribution in [0.5, 0.6) is 5.75 Å². The second-order valence-electron chi connectivity index (χ2n) is 5.65. The lowest BCUT2D eigenvalue weighted by molar-refractivity contribution is -0.153. The minimum absolute atomic E-state index is 0.00504. The van der Waals surface area contributed by atoms with Gasteiger partial charge in [-0.05, 0) is 38.0 Å². The summed E-state index contributed by atoms with van der Waals surface area (Å²) < 4.78 is 19.4. The topological polar surface area (TPSA) is 66.8 Å². The number of hydrogen-bond acceptors (Lipinski definition) is 3. The van der Waals surface area contributed by atoms with Crippen LogP contribution in [0.1, 0.15) is 19.8 Å². The quantitative estimate of drug-likeness (QED) is 0.880. The number of nitrogens with zero attached hydrogens (tertiary/aromatic N) is 1. The van der Waals surface area contributed by atoms with Gasteiger partial charge in [0.2, 0.25) is 0 Å². The number of benzene rings is 1. The van der Waals surface area contributed by atoms with Gasteiger partial charge >= 0.3 is 5.97 Å². The predicted octanol–water partition coefficient (Wildman–Crippen LogP) is 2.68. The molecule has 0 aromatic heterocycles. The molecule has 7 heteroatoms. The zero-order chi connectivity index (χ0) is 16.3. The van der Waals surface area contributed by atoms with Gasteiger partial charge in [0.05, 0.1) is 5.41 Å². The number of carboxylic acids is 1. The number of aliphatic carboxylic acids is 1. The van der Waals surface area contributed by atoms with Crippen LogP contribution in [0.4, 0.5) is 4.39 Å². The number of carbonyl (C=O) groups is 2. The highest BCUT2D eigenvalue weighted by Gasteiger charge is 2.39. The third kappa shape index (κ3) is 3.76. The minimum atomic E-state index is -0.934. The monoisotopic (exact) mass is 373 g/mol. The highest BCUT2D eigenvalue weighted by Crippen LogP contribution is 2.30. The van der Waals surface area contributed by atoms with Crippen molar-refractivity contribution in [2.75, 3.05) is 19.7 Å². The average Bonchev–Trinajstić information content (AvgIpc) is 2.46. The summed E-state index contributed by atoms with van der Waals surface area (Å²) in [5, 5.41) is 9.24. The number of ether oxygens (including phenoxy) is 1. The maximum absolute atomic E-state index is 13.6. The van der Waals surface area contributed by atoms with Crippen LogP contribution in [0.15, 0.2) is 22.7 Å². The van der Waals surface area contributed by atoms with Crippen LogP contribution in [-0.2, 0) is 9.59 Å².